The van der Waals surface area contributed by atoms with Gasteiger partial charge in [0, 0.05) is 17.3 Å². The molecule has 0 radical (unpaired) electrons. The zero-order chi connectivity index (χ0) is 13.2. The van der Waals surface area contributed by atoms with Crippen LogP contribution in [0.3, 0.4) is 0 Å². The number of piperidine rings is 1. The van der Waals surface area contributed by atoms with E-state index in [1.807, 2.05) is 11.3 Å². The number of rotatable bonds is 5. The third-order valence-corrected chi connectivity index (χ3v) is 5.35. The van der Waals surface area contributed by atoms with Crippen LogP contribution in [-0.4, -0.2) is 29.1 Å². The normalized spacial score (nSPS) is 23.4. The molecule has 2 heterocycles. The van der Waals surface area contributed by atoms with Crippen molar-refractivity contribution in [3.05, 3.63) is 22.4 Å². The lowest BCUT2D eigenvalue weighted by Gasteiger charge is -2.37. The maximum Gasteiger partial charge on any atom is 0.303 e. The first-order chi connectivity index (χ1) is 9.24. The molecule has 104 valence electrons. The first kappa shape index (κ1) is 13.1. The Morgan fingerprint density at radius 2 is 2.11 bits per heavy atom. The van der Waals surface area contributed by atoms with Crippen LogP contribution in [0, 0.1) is 11.8 Å². The van der Waals surface area contributed by atoms with E-state index in [2.05, 4.69) is 22.4 Å². The molecule has 1 saturated heterocycles. The van der Waals surface area contributed by atoms with Crippen LogP contribution in [0.4, 0.5) is 0 Å². The van der Waals surface area contributed by atoms with Gasteiger partial charge in [-0.15, -0.1) is 11.3 Å². The van der Waals surface area contributed by atoms with Crippen molar-refractivity contribution in [3.8, 4) is 0 Å². The minimum Gasteiger partial charge on any atom is -0.481 e. The molecular formula is C15H21NO2S. The van der Waals surface area contributed by atoms with E-state index in [0.717, 1.165) is 31.8 Å². The van der Waals surface area contributed by atoms with E-state index in [4.69, 9.17) is 5.11 Å². The highest BCUT2D eigenvalue weighted by Crippen LogP contribution is 2.46. The van der Waals surface area contributed by atoms with E-state index >= 15 is 0 Å². The van der Waals surface area contributed by atoms with Crippen molar-refractivity contribution in [1.29, 1.82) is 0 Å². The molecule has 0 bridgehead atoms. The van der Waals surface area contributed by atoms with Gasteiger partial charge in [0.15, 0.2) is 0 Å². The van der Waals surface area contributed by atoms with Gasteiger partial charge in [-0.2, -0.15) is 0 Å². The maximum absolute atomic E-state index is 10.8. The van der Waals surface area contributed by atoms with Crippen LogP contribution >= 0.6 is 11.3 Å². The molecule has 4 heteroatoms. The van der Waals surface area contributed by atoms with E-state index in [0.29, 0.717) is 18.4 Å². The molecule has 1 unspecified atom stereocenters. The van der Waals surface area contributed by atoms with E-state index in [-0.39, 0.29) is 0 Å². The van der Waals surface area contributed by atoms with Gasteiger partial charge in [0.05, 0.1) is 0 Å². The van der Waals surface area contributed by atoms with Crippen molar-refractivity contribution in [1.82, 2.24) is 4.90 Å². The number of hydrogen-bond acceptors (Lipinski definition) is 3. The lowest BCUT2D eigenvalue weighted by molar-refractivity contribution is -0.138. The Morgan fingerprint density at radius 1 is 1.37 bits per heavy atom. The fourth-order valence-corrected chi connectivity index (χ4v) is 4.22. The molecule has 1 atom stereocenters. The first-order valence-corrected chi connectivity index (χ1v) is 8.11. The Labute approximate surface area is 118 Å². The van der Waals surface area contributed by atoms with Crippen LogP contribution in [0.5, 0.6) is 0 Å². The molecule has 1 aromatic heterocycles. The second-order valence-corrected chi connectivity index (χ2v) is 6.85. The van der Waals surface area contributed by atoms with E-state index in [1.54, 1.807) is 0 Å². The predicted molar refractivity (Wildman–Crippen MR) is 76.3 cm³/mol. The summed E-state index contributed by atoms with van der Waals surface area (Å²) in [6.45, 7) is 2.13. The summed E-state index contributed by atoms with van der Waals surface area (Å²) in [5, 5.41) is 11.0. The van der Waals surface area contributed by atoms with Crippen LogP contribution < -0.4 is 0 Å². The highest BCUT2D eigenvalue weighted by molar-refractivity contribution is 7.10. The van der Waals surface area contributed by atoms with Gasteiger partial charge in [-0.3, -0.25) is 9.69 Å². The third kappa shape index (κ3) is 3.18. The Bertz CT molecular complexity index is 419. The fraction of sp³-hybridized carbons (Fsp3) is 0.667. The van der Waals surface area contributed by atoms with Gasteiger partial charge in [0.25, 0.3) is 0 Å². The summed E-state index contributed by atoms with van der Waals surface area (Å²) in [5.41, 5.74) is 0. The van der Waals surface area contributed by atoms with Crippen LogP contribution in [0.15, 0.2) is 17.5 Å². The molecule has 2 aliphatic rings. The van der Waals surface area contributed by atoms with E-state index in [9.17, 15) is 4.79 Å². The molecule has 19 heavy (non-hydrogen) atoms. The lowest BCUT2D eigenvalue weighted by atomic mass is 9.92. The Kier molecular flexibility index (Phi) is 3.89. The molecule has 3 nitrogen and oxygen atoms in total. The van der Waals surface area contributed by atoms with Gasteiger partial charge in [-0.25, -0.2) is 0 Å². The molecule has 1 saturated carbocycles. The molecule has 1 aromatic rings. The molecular weight excluding hydrogens is 258 g/mol. The first-order valence-electron chi connectivity index (χ1n) is 7.23. The largest absolute Gasteiger partial charge is 0.481 e. The summed E-state index contributed by atoms with van der Waals surface area (Å²) in [4.78, 5) is 14.9. The van der Waals surface area contributed by atoms with Crippen molar-refractivity contribution in [2.24, 2.45) is 11.8 Å². The topological polar surface area (TPSA) is 40.5 Å². The number of nitrogens with zero attached hydrogens (tertiary/aromatic N) is 1. The second-order valence-electron chi connectivity index (χ2n) is 5.87. The monoisotopic (exact) mass is 279 g/mol. The average molecular weight is 279 g/mol. The SMILES string of the molecule is O=C(O)CC1CCN(C(c2cccs2)C2CC2)CC1. The van der Waals surface area contributed by atoms with E-state index in [1.165, 1.54) is 17.7 Å². The highest BCUT2D eigenvalue weighted by atomic mass is 32.1. The standard InChI is InChI=1S/C15H21NO2S/c17-14(18)10-11-5-7-16(8-6-11)15(12-3-4-12)13-2-1-9-19-13/h1-2,9,11-12,15H,3-8,10H2,(H,17,18). The highest BCUT2D eigenvalue weighted by Gasteiger charge is 2.38. The lowest BCUT2D eigenvalue weighted by Crippen LogP contribution is -2.37. The number of thiophene rings is 1. The summed E-state index contributed by atoms with van der Waals surface area (Å²) in [5.74, 6) is 0.585. The summed E-state index contributed by atoms with van der Waals surface area (Å²) >= 11 is 1.87. The molecule has 1 aliphatic heterocycles. The van der Waals surface area contributed by atoms with Gasteiger partial charge in [0.2, 0.25) is 0 Å². The zero-order valence-electron chi connectivity index (χ0n) is 11.1. The average Bonchev–Trinajstić information content (AvgIpc) is 3.06. The van der Waals surface area contributed by atoms with Crippen LogP contribution in [0.2, 0.25) is 0 Å². The van der Waals surface area contributed by atoms with Crippen LogP contribution in [0.25, 0.3) is 0 Å². The maximum atomic E-state index is 10.8. The van der Waals surface area contributed by atoms with Gasteiger partial charge in [-0.1, -0.05) is 6.07 Å². The van der Waals surface area contributed by atoms with Crippen LogP contribution in [-0.2, 0) is 4.79 Å². The van der Waals surface area contributed by atoms with Crippen molar-refractivity contribution < 1.29 is 9.90 Å². The number of carboxylic acids is 1. The minimum atomic E-state index is -0.643. The van der Waals surface area contributed by atoms with Gasteiger partial charge < -0.3 is 5.11 Å². The summed E-state index contributed by atoms with van der Waals surface area (Å²) in [6, 6.07) is 5.01. The van der Waals surface area contributed by atoms with E-state index < -0.39 is 5.97 Å². The van der Waals surface area contributed by atoms with Crippen molar-refractivity contribution in [3.63, 3.8) is 0 Å². The number of likely N-dealkylation sites (tertiary alicyclic amines) is 1. The third-order valence-electron chi connectivity index (χ3n) is 4.41. The number of aliphatic carboxylic acids is 1. The summed E-state index contributed by atoms with van der Waals surface area (Å²) in [6.07, 6.45) is 5.15. The summed E-state index contributed by atoms with van der Waals surface area (Å²) < 4.78 is 0. The Balaban J connectivity index is 1.61. The van der Waals surface area contributed by atoms with Gasteiger partial charge >= 0.3 is 5.97 Å². The zero-order valence-corrected chi connectivity index (χ0v) is 11.9. The molecule has 0 spiro atoms. The molecule has 3 rings (SSSR count). The molecule has 2 fully saturated rings. The molecule has 0 aromatic carbocycles. The Hall–Kier alpha value is -0.870. The van der Waals surface area contributed by atoms with Crippen LogP contribution in [0.1, 0.15) is 43.0 Å². The van der Waals surface area contributed by atoms with Crippen molar-refractivity contribution in [2.75, 3.05) is 13.1 Å². The minimum absolute atomic E-state index is 0.348. The Morgan fingerprint density at radius 3 is 2.63 bits per heavy atom. The summed E-state index contributed by atoms with van der Waals surface area (Å²) in [7, 11) is 0. The molecule has 1 aliphatic carbocycles. The van der Waals surface area contributed by atoms with Crippen molar-refractivity contribution in [2.45, 2.75) is 38.1 Å². The number of hydrogen-bond donors (Lipinski definition) is 1. The second kappa shape index (κ2) is 5.63. The number of carbonyl (C=O) groups is 1. The quantitative estimate of drug-likeness (QED) is 0.898. The van der Waals surface area contributed by atoms with Crippen molar-refractivity contribution >= 4 is 17.3 Å². The van der Waals surface area contributed by atoms with Gasteiger partial charge in [-0.05, 0) is 62.1 Å². The fourth-order valence-electron chi connectivity index (χ4n) is 3.26. The number of carboxylic acid groups (broad SMARTS) is 1. The molecule has 0 amide bonds. The molecule has 1 N–H and O–H groups in total. The predicted octanol–water partition coefficient (Wildman–Crippen LogP) is 3.39. The smallest absolute Gasteiger partial charge is 0.303 e. The van der Waals surface area contributed by atoms with Gasteiger partial charge in [0.1, 0.15) is 0 Å².